The zero-order valence-corrected chi connectivity index (χ0v) is 10.5. The highest BCUT2D eigenvalue weighted by atomic mass is 16.2. The van der Waals surface area contributed by atoms with Crippen molar-refractivity contribution in [3.63, 3.8) is 0 Å². The maximum atomic E-state index is 11.6. The molecule has 3 N–H and O–H groups in total. The second kappa shape index (κ2) is 8.69. The van der Waals surface area contributed by atoms with Gasteiger partial charge in [-0.2, -0.15) is 0 Å². The van der Waals surface area contributed by atoms with Gasteiger partial charge in [0.05, 0.1) is 12.6 Å². The van der Waals surface area contributed by atoms with Gasteiger partial charge in [-0.15, -0.1) is 0 Å². The van der Waals surface area contributed by atoms with Crippen molar-refractivity contribution in [3.05, 3.63) is 0 Å². The second-order valence-corrected chi connectivity index (χ2v) is 3.79. The lowest BCUT2D eigenvalue weighted by molar-refractivity contribution is -0.128. The molecule has 1 radical (unpaired) electrons. The van der Waals surface area contributed by atoms with Gasteiger partial charge in [0.1, 0.15) is 6.04 Å². The van der Waals surface area contributed by atoms with Crippen molar-refractivity contribution >= 4 is 18.1 Å². The van der Waals surface area contributed by atoms with E-state index in [1.807, 2.05) is 6.92 Å². The first kappa shape index (κ1) is 15.6. The van der Waals surface area contributed by atoms with Crippen LogP contribution in [0.25, 0.3) is 0 Å². The summed E-state index contributed by atoms with van der Waals surface area (Å²) in [5.74, 6) is -0.645. The number of carbonyl (C=O) groups excluding carboxylic acids is 3. The van der Waals surface area contributed by atoms with Crippen molar-refractivity contribution < 1.29 is 14.4 Å². The van der Waals surface area contributed by atoms with Gasteiger partial charge in [0.2, 0.25) is 18.1 Å². The Bertz CT molecular complexity index is 269. The van der Waals surface area contributed by atoms with E-state index in [9.17, 15) is 14.4 Å². The van der Waals surface area contributed by atoms with Gasteiger partial charge < -0.3 is 16.0 Å². The Morgan fingerprint density at radius 1 is 1.29 bits per heavy atom. The van der Waals surface area contributed by atoms with Crippen molar-refractivity contribution in [2.75, 3.05) is 13.6 Å². The molecule has 97 valence electrons. The zero-order chi connectivity index (χ0) is 13.3. The molecule has 6 nitrogen and oxygen atoms in total. The minimum atomic E-state index is -0.663. The van der Waals surface area contributed by atoms with Crippen LogP contribution in [0, 0.1) is 0 Å². The number of rotatable bonds is 8. The van der Waals surface area contributed by atoms with Crippen LogP contribution in [0.1, 0.15) is 26.7 Å². The summed E-state index contributed by atoms with van der Waals surface area (Å²) in [6.45, 7) is 3.63. The van der Waals surface area contributed by atoms with Crippen molar-refractivity contribution in [1.82, 2.24) is 16.0 Å². The number of amides is 2. The summed E-state index contributed by atoms with van der Waals surface area (Å²) >= 11 is 0. The highest BCUT2D eigenvalue weighted by molar-refractivity contribution is 5.89. The van der Waals surface area contributed by atoms with Crippen LogP contribution >= 0.6 is 0 Å². The van der Waals surface area contributed by atoms with Crippen LogP contribution in [0.5, 0.6) is 0 Å². The Kier molecular flexibility index (Phi) is 7.96. The smallest absolute Gasteiger partial charge is 0.242 e. The molecule has 0 saturated heterocycles. The lowest BCUT2D eigenvalue weighted by atomic mass is 10.2. The van der Waals surface area contributed by atoms with Gasteiger partial charge in [0.25, 0.3) is 0 Å². The number of hydrogen-bond acceptors (Lipinski definition) is 4. The Hall–Kier alpha value is -1.43. The average Bonchev–Trinajstić information content (AvgIpc) is 2.28. The van der Waals surface area contributed by atoms with E-state index < -0.39 is 12.1 Å². The molecule has 0 bridgehead atoms. The maximum absolute atomic E-state index is 11.6. The Labute approximate surface area is 102 Å². The predicted octanol–water partition coefficient (Wildman–Crippen LogP) is -0.895. The number of nitrogens with one attached hydrogen (secondary N) is 3. The van der Waals surface area contributed by atoms with Crippen LogP contribution in [0.3, 0.4) is 0 Å². The van der Waals surface area contributed by atoms with Crippen molar-refractivity contribution in [2.24, 2.45) is 0 Å². The lowest BCUT2D eigenvalue weighted by Crippen LogP contribution is -2.49. The SMILES string of the molecule is CCC[C@@H]([C]=O)NC(=O)[C@H](C)NC(=O)CNC. The summed E-state index contributed by atoms with van der Waals surface area (Å²) in [5, 5.41) is 7.70. The van der Waals surface area contributed by atoms with E-state index in [0.717, 1.165) is 6.42 Å². The summed E-state index contributed by atoms with van der Waals surface area (Å²) < 4.78 is 0. The first-order valence-electron chi connectivity index (χ1n) is 5.67. The summed E-state index contributed by atoms with van der Waals surface area (Å²) in [7, 11) is 1.64. The van der Waals surface area contributed by atoms with Crippen LogP contribution in [0.2, 0.25) is 0 Å². The summed E-state index contributed by atoms with van der Waals surface area (Å²) in [6.07, 6.45) is 3.09. The van der Waals surface area contributed by atoms with Gasteiger partial charge in [0.15, 0.2) is 0 Å². The van der Waals surface area contributed by atoms with Crippen LogP contribution < -0.4 is 16.0 Å². The highest BCUT2D eigenvalue weighted by Gasteiger charge is 2.18. The minimum absolute atomic E-state index is 0.149. The fraction of sp³-hybridized carbons (Fsp3) is 0.727. The Balaban J connectivity index is 4.11. The molecule has 0 fully saturated rings. The monoisotopic (exact) mass is 242 g/mol. The fourth-order valence-electron chi connectivity index (χ4n) is 1.26. The average molecular weight is 242 g/mol. The molecular formula is C11H20N3O3. The van der Waals surface area contributed by atoms with Gasteiger partial charge in [-0.3, -0.25) is 14.4 Å². The third kappa shape index (κ3) is 6.68. The normalized spacial score (nSPS) is 13.6. The second-order valence-electron chi connectivity index (χ2n) is 3.79. The van der Waals surface area contributed by atoms with E-state index in [4.69, 9.17) is 0 Å². The lowest BCUT2D eigenvalue weighted by Gasteiger charge is -2.16. The molecule has 0 spiro atoms. The summed E-state index contributed by atoms with van der Waals surface area (Å²) in [6, 6.07) is -1.26. The molecule has 17 heavy (non-hydrogen) atoms. The summed E-state index contributed by atoms with van der Waals surface area (Å²) in [4.78, 5) is 33.4. The van der Waals surface area contributed by atoms with E-state index in [0.29, 0.717) is 6.42 Å². The molecule has 0 aromatic rings. The molecule has 0 aliphatic rings. The van der Waals surface area contributed by atoms with Gasteiger partial charge in [0, 0.05) is 0 Å². The molecule has 0 aliphatic heterocycles. The molecule has 0 saturated carbocycles. The molecule has 0 aliphatic carbocycles. The van der Waals surface area contributed by atoms with Gasteiger partial charge in [-0.05, 0) is 20.4 Å². The van der Waals surface area contributed by atoms with Crippen LogP contribution in [-0.4, -0.2) is 43.8 Å². The molecule has 0 heterocycles. The van der Waals surface area contributed by atoms with Crippen molar-refractivity contribution in [3.8, 4) is 0 Å². The topological polar surface area (TPSA) is 87.3 Å². The highest BCUT2D eigenvalue weighted by Crippen LogP contribution is 1.94. The molecule has 0 aromatic carbocycles. The third-order valence-corrected chi connectivity index (χ3v) is 2.14. The van der Waals surface area contributed by atoms with E-state index >= 15 is 0 Å². The molecule has 2 atom stereocenters. The molecule has 0 aromatic heterocycles. The van der Waals surface area contributed by atoms with E-state index in [-0.39, 0.29) is 18.4 Å². The Morgan fingerprint density at radius 3 is 2.41 bits per heavy atom. The van der Waals surface area contributed by atoms with Crippen molar-refractivity contribution in [1.29, 1.82) is 0 Å². The van der Waals surface area contributed by atoms with Crippen LogP contribution in [0.4, 0.5) is 0 Å². The molecule has 2 amide bonds. The van der Waals surface area contributed by atoms with E-state index in [1.165, 1.54) is 0 Å². The zero-order valence-electron chi connectivity index (χ0n) is 10.5. The van der Waals surface area contributed by atoms with Gasteiger partial charge in [-0.1, -0.05) is 13.3 Å². The number of hydrogen-bond donors (Lipinski definition) is 3. The largest absolute Gasteiger partial charge is 0.344 e. The Morgan fingerprint density at radius 2 is 1.94 bits per heavy atom. The maximum Gasteiger partial charge on any atom is 0.242 e. The molecular weight excluding hydrogens is 222 g/mol. The van der Waals surface area contributed by atoms with Gasteiger partial charge in [-0.25, -0.2) is 0 Å². The number of carbonyl (C=O) groups is 2. The van der Waals surface area contributed by atoms with Crippen LogP contribution in [-0.2, 0) is 14.4 Å². The molecule has 0 unspecified atom stereocenters. The predicted molar refractivity (Wildman–Crippen MR) is 64.1 cm³/mol. The number of likely N-dealkylation sites (N-methyl/N-ethyl adjacent to an activating group) is 1. The van der Waals surface area contributed by atoms with E-state index in [1.54, 1.807) is 20.3 Å². The molecule has 0 rings (SSSR count). The first-order valence-corrected chi connectivity index (χ1v) is 5.67. The quantitative estimate of drug-likeness (QED) is 0.515. The third-order valence-electron chi connectivity index (χ3n) is 2.14. The van der Waals surface area contributed by atoms with Crippen molar-refractivity contribution in [2.45, 2.75) is 38.8 Å². The minimum Gasteiger partial charge on any atom is -0.344 e. The summed E-state index contributed by atoms with van der Waals surface area (Å²) in [5.41, 5.74) is 0. The van der Waals surface area contributed by atoms with E-state index in [2.05, 4.69) is 16.0 Å². The first-order chi connectivity index (χ1) is 8.04. The van der Waals surface area contributed by atoms with Gasteiger partial charge >= 0.3 is 0 Å². The van der Waals surface area contributed by atoms with Crippen LogP contribution in [0.15, 0.2) is 0 Å². The molecule has 6 heteroatoms. The fourth-order valence-corrected chi connectivity index (χ4v) is 1.26. The standard InChI is InChI=1S/C11H20N3O3/c1-4-5-9(7-15)14-11(17)8(2)13-10(16)6-12-3/h8-9,12H,4-6H2,1-3H3,(H,13,16)(H,14,17)/t8-,9-/m0/s1.